The molecule has 0 aromatic heterocycles. The van der Waals surface area contributed by atoms with Crippen LogP contribution in [-0.2, 0) is 20.2 Å². The third-order valence-corrected chi connectivity index (χ3v) is 4.34. The summed E-state index contributed by atoms with van der Waals surface area (Å²) in [5, 5.41) is 0. The van der Waals surface area contributed by atoms with Crippen molar-refractivity contribution in [3.63, 3.8) is 0 Å². The van der Waals surface area contributed by atoms with Crippen LogP contribution < -0.4 is 59.1 Å². The molecule has 0 fully saturated rings. The Labute approximate surface area is 128 Å². The Balaban J connectivity index is -0.000000605. The molecule has 0 atom stereocenters. The molecule has 0 spiro atoms. The van der Waals surface area contributed by atoms with Crippen LogP contribution in [0.2, 0.25) is 0 Å². The fourth-order valence-electron chi connectivity index (χ4n) is 0.669. The van der Waals surface area contributed by atoms with Gasteiger partial charge in [0.25, 0.3) is 0 Å². The molecule has 14 heavy (non-hydrogen) atoms. The topological polar surface area (TPSA) is 114 Å². The zero-order chi connectivity index (χ0) is 9.99. The average Bonchev–Trinajstić information content (AvgIpc) is 1.77. The summed E-state index contributed by atoms with van der Waals surface area (Å²) >= 11 is 0. The molecule has 74 valence electrons. The predicted molar refractivity (Wildman–Crippen MR) is 38.1 cm³/mol. The second-order valence-electron chi connectivity index (χ2n) is 2.20. The van der Waals surface area contributed by atoms with Gasteiger partial charge in [0.15, 0.2) is 0 Å². The average molecular weight is 262 g/mol. The van der Waals surface area contributed by atoms with Crippen LogP contribution in [0, 0.1) is 0 Å². The van der Waals surface area contributed by atoms with Gasteiger partial charge in [0, 0.05) is 0 Å². The van der Waals surface area contributed by atoms with Crippen molar-refractivity contribution in [1.82, 2.24) is 0 Å². The van der Waals surface area contributed by atoms with Gasteiger partial charge >= 0.3 is 59.1 Å². The van der Waals surface area contributed by atoms with Crippen molar-refractivity contribution in [3.8, 4) is 0 Å². The van der Waals surface area contributed by atoms with E-state index in [1.807, 2.05) is 0 Å². The smallest absolute Gasteiger partial charge is 0.747 e. The number of hydrogen-bond donors (Lipinski definition) is 0. The number of rotatable bonds is 4. The van der Waals surface area contributed by atoms with Gasteiger partial charge in [-0.2, -0.15) is 0 Å². The summed E-state index contributed by atoms with van der Waals surface area (Å²) in [5.41, 5.74) is 0. The van der Waals surface area contributed by atoms with Crippen LogP contribution in [0.25, 0.3) is 0 Å². The van der Waals surface area contributed by atoms with E-state index in [1.165, 1.54) is 6.92 Å². The monoisotopic (exact) mass is 262 g/mol. The summed E-state index contributed by atoms with van der Waals surface area (Å²) in [6, 6.07) is 0. The van der Waals surface area contributed by atoms with Crippen molar-refractivity contribution in [1.29, 1.82) is 0 Å². The Morgan fingerprint density at radius 3 is 1.36 bits per heavy atom. The molecular formula is C4H8Na2O6S2. The largest absolute Gasteiger partial charge is 1.00 e. The molecule has 0 aliphatic carbocycles. The van der Waals surface area contributed by atoms with E-state index in [0.29, 0.717) is 0 Å². The maximum Gasteiger partial charge on any atom is 1.00 e. The molecule has 0 aromatic rings. The van der Waals surface area contributed by atoms with Crippen LogP contribution in [0.3, 0.4) is 0 Å². The summed E-state index contributed by atoms with van der Waals surface area (Å²) in [6.07, 6.45) is -0.300. The molecule has 0 amide bonds. The van der Waals surface area contributed by atoms with Gasteiger partial charge in [-0.25, -0.2) is 16.8 Å². The Morgan fingerprint density at radius 1 is 1.00 bits per heavy atom. The Bertz CT molecular complexity index is 301. The van der Waals surface area contributed by atoms with Gasteiger partial charge in [0.1, 0.15) is 24.8 Å². The standard InChI is InChI=1S/C4H10O6S2.2Na/c1-2-3-4(11(5,6)7)12(8,9)10;;/h4H,2-3H2,1H3,(H,5,6,7)(H,8,9,10);;/q;2*+1/p-2. The third kappa shape index (κ3) is 8.03. The molecule has 10 heteroatoms. The van der Waals surface area contributed by atoms with Crippen LogP contribution in [0.4, 0.5) is 0 Å². The fourth-order valence-corrected chi connectivity index (χ4v) is 2.87. The van der Waals surface area contributed by atoms with Gasteiger partial charge in [-0.15, -0.1) is 0 Å². The molecule has 0 bridgehead atoms. The van der Waals surface area contributed by atoms with Crippen molar-refractivity contribution >= 4 is 20.2 Å². The van der Waals surface area contributed by atoms with Gasteiger partial charge < -0.3 is 9.11 Å². The van der Waals surface area contributed by atoms with E-state index in [4.69, 9.17) is 0 Å². The van der Waals surface area contributed by atoms with E-state index < -0.39 is 31.2 Å². The van der Waals surface area contributed by atoms with E-state index in [1.54, 1.807) is 0 Å². The quantitative estimate of drug-likeness (QED) is 0.367. The Morgan fingerprint density at radius 2 is 1.29 bits per heavy atom. The van der Waals surface area contributed by atoms with Gasteiger partial charge in [-0.1, -0.05) is 13.3 Å². The zero-order valence-electron chi connectivity index (χ0n) is 8.26. The molecule has 0 rings (SSSR count). The first kappa shape index (κ1) is 21.1. The molecule has 0 aromatic carbocycles. The molecule has 0 aliphatic rings. The molecule has 0 radical (unpaired) electrons. The normalized spacial score (nSPS) is 11.7. The van der Waals surface area contributed by atoms with E-state index in [9.17, 15) is 25.9 Å². The Hall–Kier alpha value is 1.82. The molecule has 0 unspecified atom stereocenters. The minimum absolute atomic E-state index is 0. The summed E-state index contributed by atoms with van der Waals surface area (Å²) in [7, 11) is -10.1. The summed E-state index contributed by atoms with van der Waals surface area (Å²) in [6.45, 7) is 1.48. The third-order valence-electron chi connectivity index (χ3n) is 1.17. The number of hydrogen-bond acceptors (Lipinski definition) is 6. The molecule has 0 saturated carbocycles. The zero-order valence-corrected chi connectivity index (χ0v) is 13.9. The SMILES string of the molecule is CCCC(S(=O)(=O)[O-])S(=O)(=O)[O-].[Na+].[Na+]. The van der Waals surface area contributed by atoms with Crippen molar-refractivity contribution in [2.24, 2.45) is 0 Å². The van der Waals surface area contributed by atoms with E-state index in [-0.39, 0.29) is 65.5 Å². The summed E-state index contributed by atoms with van der Waals surface area (Å²) in [5.74, 6) is 0. The van der Waals surface area contributed by atoms with Crippen LogP contribution >= 0.6 is 0 Å². The van der Waals surface area contributed by atoms with Crippen LogP contribution in [0.1, 0.15) is 19.8 Å². The minimum Gasteiger partial charge on any atom is -0.747 e. The molecule has 0 heterocycles. The van der Waals surface area contributed by atoms with Crippen LogP contribution in [0.5, 0.6) is 0 Å². The van der Waals surface area contributed by atoms with Gasteiger partial charge in [-0.05, 0) is 6.42 Å². The van der Waals surface area contributed by atoms with Crippen molar-refractivity contribution in [2.45, 2.75) is 24.3 Å². The predicted octanol–water partition coefficient (Wildman–Crippen LogP) is -6.79. The van der Waals surface area contributed by atoms with Crippen molar-refractivity contribution in [3.05, 3.63) is 0 Å². The maximum absolute atomic E-state index is 10.2. The first-order valence-corrected chi connectivity index (χ1v) is 6.03. The molecule has 0 saturated heterocycles. The van der Waals surface area contributed by atoms with E-state index in [0.717, 1.165) is 0 Å². The first-order valence-electron chi connectivity index (χ1n) is 3.09. The van der Waals surface area contributed by atoms with E-state index >= 15 is 0 Å². The fraction of sp³-hybridized carbons (Fsp3) is 1.00. The van der Waals surface area contributed by atoms with Crippen LogP contribution in [0.15, 0.2) is 0 Å². The van der Waals surface area contributed by atoms with Crippen LogP contribution in [-0.4, -0.2) is 30.5 Å². The van der Waals surface area contributed by atoms with Crippen molar-refractivity contribution in [2.75, 3.05) is 0 Å². The molecule has 6 nitrogen and oxygen atoms in total. The van der Waals surface area contributed by atoms with Gasteiger partial charge in [0.05, 0.1) is 0 Å². The molecular weight excluding hydrogens is 254 g/mol. The van der Waals surface area contributed by atoms with Crippen molar-refractivity contribution < 1.29 is 85.1 Å². The minimum atomic E-state index is -5.04. The second-order valence-corrected chi connectivity index (χ2v) is 5.61. The van der Waals surface area contributed by atoms with E-state index in [2.05, 4.69) is 0 Å². The first-order chi connectivity index (χ1) is 5.19. The summed E-state index contributed by atoms with van der Waals surface area (Å²) in [4.78, 5) is 0. The second kappa shape index (κ2) is 7.99. The maximum atomic E-state index is 10.2. The molecule has 0 N–H and O–H groups in total. The Kier molecular flexibility index (Phi) is 12.1. The van der Waals surface area contributed by atoms with Gasteiger partial charge in [-0.3, -0.25) is 0 Å². The van der Waals surface area contributed by atoms with Gasteiger partial charge in [0.2, 0.25) is 0 Å². The molecule has 0 aliphatic heterocycles. The summed E-state index contributed by atoms with van der Waals surface area (Å²) < 4.78 is 59.1.